The largest absolute Gasteiger partial charge is 0.336 e. The maximum Gasteiger partial charge on any atom is 0.319 e. The normalized spacial score (nSPS) is 10.3. The van der Waals surface area contributed by atoms with Gasteiger partial charge in [-0.1, -0.05) is 12.1 Å². The monoisotopic (exact) mass is 376 g/mol. The zero-order valence-electron chi connectivity index (χ0n) is 12.8. The molecule has 0 fully saturated rings. The molecule has 0 bridgehead atoms. The number of hydrogen-bond acceptors (Lipinski definition) is 3. The van der Waals surface area contributed by atoms with Crippen molar-refractivity contribution in [2.75, 3.05) is 10.6 Å². The molecule has 3 amide bonds. The van der Waals surface area contributed by atoms with E-state index < -0.39 is 0 Å². The smallest absolute Gasteiger partial charge is 0.319 e. The quantitative estimate of drug-likeness (QED) is 0.761. The summed E-state index contributed by atoms with van der Waals surface area (Å²) < 4.78 is 0.716. The molecule has 3 N–H and O–H groups in total. The van der Waals surface area contributed by atoms with Crippen LogP contribution in [0.3, 0.4) is 0 Å². The average Bonchev–Trinajstić information content (AvgIpc) is 2.48. The first-order chi connectivity index (χ1) is 11.0. The lowest BCUT2D eigenvalue weighted by Crippen LogP contribution is -2.34. The Labute approximate surface area is 142 Å². The summed E-state index contributed by atoms with van der Waals surface area (Å²) in [6, 6.07) is 8.35. The van der Waals surface area contributed by atoms with Crippen molar-refractivity contribution in [3.8, 4) is 0 Å². The van der Waals surface area contributed by atoms with Crippen LogP contribution in [0, 0.1) is 0 Å². The van der Waals surface area contributed by atoms with Crippen LogP contribution in [-0.4, -0.2) is 23.0 Å². The molecule has 7 heteroatoms. The van der Waals surface area contributed by atoms with E-state index in [9.17, 15) is 9.59 Å². The highest BCUT2D eigenvalue weighted by molar-refractivity contribution is 9.10. The van der Waals surface area contributed by atoms with E-state index in [0.29, 0.717) is 21.4 Å². The van der Waals surface area contributed by atoms with Crippen LogP contribution in [0.4, 0.5) is 16.2 Å². The molecule has 23 heavy (non-hydrogen) atoms. The summed E-state index contributed by atoms with van der Waals surface area (Å²) in [5.74, 6) is -0.308. The van der Waals surface area contributed by atoms with Crippen molar-refractivity contribution in [3.05, 3.63) is 52.8 Å². The third-order valence-corrected chi connectivity index (χ3v) is 3.24. The van der Waals surface area contributed by atoms with Crippen LogP contribution >= 0.6 is 15.9 Å². The fourth-order valence-corrected chi connectivity index (χ4v) is 2.22. The lowest BCUT2D eigenvalue weighted by molar-refractivity contribution is 0.102. The first-order valence-corrected chi connectivity index (χ1v) is 7.83. The van der Waals surface area contributed by atoms with Crippen LogP contribution < -0.4 is 16.0 Å². The van der Waals surface area contributed by atoms with Gasteiger partial charge in [-0.15, -0.1) is 0 Å². The van der Waals surface area contributed by atoms with Crippen LogP contribution in [0.15, 0.2) is 47.2 Å². The van der Waals surface area contributed by atoms with Gasteiger partial charge in [0.25, 0.3) is 5.91 Å². The molecule has 0 aliphatic rings. The summed E-state index contributed by atoms with van der Waals surface area (Å²) in [4.78, 5) is 28.1. The molecule has 2 rings (SSSR count). The minimum atomic E-state index is -0.328. The molecule has 6 nitrogen and oxygen atoms in total. The molecule has 0 saturated heterocycles. The van der Waals surface area contributed by atoms with E-state index in [1.807, 2.05) is 13.8 Å². The van der Waals surface area contributed by atoms with Crippen LogP contribution in [0.1, 0.15) is 24.2 Å². The molecule has 2 aromatic rings. The topological polar surface area (TPSA) is 83.1 Å². The molecule has 0 spiro atoms. The highest BCUT2D eigenvalue weighted by atomic mass is 79.9. The van der Waals surface area contributed by atoms with Gasteiger partial charge in [0.2, 0.25) is 0 Å². The Morgan fingerprint density at radius 2 is 1.74 bits per heavy atom. The molecule has 0 saturated carbocycles. The number of halogens is 1. The number of benzene rings is 1. The number of anilines is 2. The lowest BCUT2D eigenvalue weighted by Gasteiger charge is -2.14. The lowest BCUT2D eigenvalue weighted by atomic mass is 10.2. The van der Waals surface area contributed by atoms with Gasteiger partial charge in [-0.25, -0.2) is 4.79 Å². The molecular formula is C16H17BrN4O2. The zero-order valence-corrected chi connectivity index (χ0v) is 14.3. The van der Waals surface area contributed by atoms with E-state index in [1.54, 1.807) is 36.5 Å². The van der Waals surface area contributed by atoms with Gasteiger partial charge in [0.05, 0.1) is 16.9 Å². The Kier molecular flexibility index (Phi) is 5.70. The Hall–Kier alpha value is -2.41. The third kappa shape index (κ3) is 5.07. The van der Waals surface area contributed by atoms with Crippen molar-refractivity contribution in [2.45, 2.75) is 19.9 Å². The number of rotatable bonds is 4. The van der Waals surface area contributed by atoms with Gasteiger partial charge >= 0.3 is 6.03 Å². The van der Waals surface area contributed by atoms with Crippen molar-refractivity contribution in [3.63, 3.8) is 0 Å². The summed E-state index contributed by atoms with van der Waals surface area (Å²) in [5, 5.41) is 8.22. The van der Waals surface area contributed by atoms with Gasteiger partial charge in [-0.05, 0) is 48.0 Å². The van der Waals surface area contributed by atoms with Crippen LogP contribution in [0.5, 0.6) is 0 Å². The van der Waals surface area contributed by atoms with Gasteiger partial charge in [0.1, 0.15) is 0 Å². The molecule has 0 aliphatic carbocycles. The highest BCUT2D eigenvalue weighted by Gasteiger charge is 2.11. The second-order valence-corrected chi connectivity index (χ2v) is 6.06. The van der Waals surface area contributed by atoms with Crippen molar-refractivity contribution >= 4 is 39.2 Å². The molecule has 120 valence electrons. The number of aromatic nitrogens is 1. The minimum absolute atomic E-state index is 0.0181. The van der Waals surface area contributed by atoms with Crippen LogP contribution in [0.25, 0.3) is 0 Å². The van der Waals surface area contributed by atoms with Gasteiger partial charge in [0, 0.05) is 22.9 Å². The maximum absolute atomic E-state index is 12.3. The first kappa shape index (κ1) is 17.0. The minimum Gasteiger partial charge on any atom is -0.336 e. The second kappa shape index (κ2) is 7.73. The average molecular weight is 377 g/mol. The molecule has 1 aromatic carbocycles. The zero-order chi connectivity index (χ0) is 16.8. The molecule has 0 aliphatic heterocycles. The molecule has 0 radical (unpaired) electrons. The van der Waals surface area contributed by atoms with E-state index in [0.717, 1.165) is 0 Å². The van der Waals surface area contributed by atoms with Crippen molar-refractivity contribution < 1.29 is 9.59 Å². The number of carbonyl (C=O) groups is 2. The Morgan fingerprint density at radius 1 is 1.09 bits per heavy atom. The van der Waals surface area contributed by atoms with Gasteiger partial charge in [-0.2, -0.15) is 0 Å². The Morgan fingerprint density at radius 3 is 2.35 bits per heavy atom. The van der Waals surface area contributed by atoms with Crippen molar-refractivity contribution in [1.29, 1.82) is 0 Å². The van der Waals surface area contributed by atoms with Gasteiger partial charge in [-0.3, -0.25) is 9.78 Å². The summed E-state index contributed by atoms with van der Waals surface area (Å²) in [7, 11) is 0. The van der Waals surface area contributed by atoms with E-state index in [2.05, 4.69) is 36.9 Å². The SMILES string of the molecule is CC(C)NC(=O)Nc1ccccc1NC(=O)c1cncc(Br)c1. The predicted molar refractivity (Wildman–Crippen MR) is 93.6 cm³/mol. The first-order valence-electron chi connectivity index (χ1n) is 7.04. The van der Waals surface area contributed by atoms with E-state index in [1.165, 1.54) is 6.20 Å². The van der Waals surface area contributed by atoms with E-state index >= 15 is 0 Å². The third-order valence-electron chi connectivity index (χ3n) is 2.81. The summed E-state index contributed by atoms with van der Waals surface area (Å²) >= 11 is 3.28. The number of para-hydroxylation sites is 2. The Bertz CT molecular complexity index is 719. The van der Waals surface area contributed by atoms with Gasteiger partial charge < -0.3 is 16.0 Å². The fraction of sp³-hybridized carbons (Fsp3) is 0.188. The number of urea groups is 1. The van der Waals surface area contributed by atoms with Crippen molar-refractivity contribution in [1.82, 2.24) is 10.3 Å². The van der Waals surface area contributed by atoms with Crippen molar-refractivity contribution in [2.24, 2.45) is 0 Å². The molecule has 1 heterocycles. The van der Waals surface area contributed by atoms with Crippen LogP contribution in [0.2, 0.25) is 0 Å². The molecule has 0 unspecified atom stereocenters. The standard InChI is InChI=1S/C16H17BrN4O2/c1-10(2)19-16(23)21-14-6-4-3-5-13(14)20-15(22)11-7-12(17)9-18-8-11/h3-10H,1-2H3,(H,20,22)(H2,19,21,23). The van der Waals surface area contributed by atoms with E-state index in [4.69, 9.17) is 0 Å². The van der Waals surface area contributed by atoms with E-state index in [-0.39, 0.29) is 18.0 Å². The fourth-order valence-electron chi connectivity index (χ4n) is 1.85. The van der Waals surface area contributed by atoms with Crippen LogP contribution in [-0.2, 0) is 0 Å². The number of pyridine rings is 1. The summed E-state index contributed by atoms with van der Waals surface area (Å²) in [6.45, 7) is 3.74. The second-order valence-electron chi connectivity index (χ2n) is 5.14. The number of amides is 3. The number of carbonyl (C=O) groups excluding carboxylic acids is 2. The number of nitrogens with one attached hydrogen (secondary N) is 3. The molecular weight excluding hydrogens is 360 g/mol. The predicted octanol–water partition coefficient (Wildman–Crippen LogP) is 3.63. The van der Waals surface area contributed by atoms with Gasteiger partial charge in [0.15, 0.2) is 0 Å². The Balaban J connectivity index is 2.14. The number of hydrogen-bond donors (Lipinski definition) is 3. The summed E-state index contributed by atoms with van der Waals surface area (Å²) in [6.07, 6.45) is 3.07. The highest BCUT2D eigenvalue weighted by Crippen LogP contribution is 2.22. The number of nitrogens with zero attached hydrogens (tertiary/aromatic N) is 1. The summed E-state index contributed by atoms with van der Waals surface area (Å²) in [5.41, 5.74) is 1.44. The molecule has 0 atom stereocenters. The molecule has 1 aromatic heterocycles. The maximum atomic E-state index is 12.3.